The van der Waals surface area contributed by atoms with Crippen molar-refractivity contribution in [1.82, 2.24) is 9.80 Å². The van der Waals surface area contributed by atoms with E-state index in [0.717, 1.165) is 42.6 Å². The molecule has 0 N–H and O–H groups in total. The Kier molecular flexibility index (Phi) is 6.78. The molecule has 1 fully saturated rings. The highest BCUT2D eigenvalue weighted by atomic mass is 35.5. The van der Waals surface area contributed by atoms with Crippen LogP contribution in [0.5, 0.6) is 0 Å². The standard InChI is InChI=1S/C24H25ClN2OS/c25-21-10-8-20(9-11-21)24(19-5-2-1-3-6-19)27-16-14-26(15-17-27)13-12-22(28)23-7-4-18-29-23/h1-11,18,24H,12-17H2. The van der Waals surface area contributed by atoms with E-state index in [1.54, 1.807) is 0 Å². The maximum absolute atomic E-state index is 12.3. The van der Waals surface area contributed by atoms with Gasteiger partial charge >= 0.3 is 0 Å². The molecule has 0 radical (unpaired) electrons. The predicted molar refractivity (Wildman–Crippen MR) is 121 cm³/mol. The van der Waals surface area contributed by atoms with Crippen LogP contribution in [0.25, 0.3) is 0 Å². The topological polar surface area (TPSA) is 23.6 Å². The summed E-state index contributed by atoms with van der Waals surface area (Å²) in [5.74, 6) is 0.255. The van der Waals surface area contributed by atoms with Crippen molar-refractivity contribution in [2.45, 2.75) is 12.5 Å². The first-order valence-corrected chi connectivity index (χ1v) is 11.3. The fraction of sp³-hybridized carbons (Fsp3) is 0.292. The van der Waals surface area contributed by atoms with Gasteiger partial charge in [-0.25, -0.2) is 0 Å². The average Bonchev–Trinajstić information content (AvgIpc) is 3.30. The molecule has 2 aromatic carbocycles. The SMILES string of the molecule is O=C(CCN1CCN(C(c2ccccc2)c2ccc(Cl)cc2)CC1)c1cccs1. The van der Waals surface area contributed by atoms with Crippen LogP contribution < -0.4 is 0 Å². The summed E-state index contributed by atoms with van der Waals surface area (Å²) in [6, 6.07) is 23.0. The largest absolute Gasteiger partial charge is 0.300 e. The predicted octanol–water partition coefficient (Wildman–Crippen LogP) is 5.38. The third-order valence-electron chi connectivity index (χ3n) is 5.52. The summed E-state index contributed by atoms with van der Waals surface area (Å²) < 4.78 is 0. The maximum atomic E-state index is 12.3. The summed E-state index contributed by atoms with van der Waals surface area (Å²) in [5.41, 5.74) is 2.57. The van der Waals surface area contributed by atoms with Crippen LogP contribution in [-0.4, -0.2) is 48.3 Å². The highest BCUT2D eigenvalue weighted by molar-refractivity contribution is 7.12. The third kappa shape index (κ3) is 5.14. The van der Waals surface area contributed by atoms with Crippen LogP contribution in [0.2, 0.25) is 5.02 Å². The highest BCUT2D eigenvalue weighted by Crippen LogP contribution is 2.30. The van der Waals surface area contributed by atoms with Crippen molar-refractivity contribution >= 4 is 28.7 Å². The first-order chi connectivity index (χ1) is 14.2. The number of nitrogens with zero attached hydrogens (tertiary/aromatic N) is 2. The zero-order valence-electron chi connectivity index (χ0n) is 16.3. The number of hydrogen-bond acceptors (Lipinski definition) is 4. The molecule has 1 saturated heterocycles. The molecule has 1 atom stereocenters. The fourth-order valence-electron chi connectivity index (χ4n) is 3.96. The number of halogens is 1. The summed E-state index contributed by atoms with van der Waals surface area (Å²) in [7, 11) is 0. The number of carbonyl (C=O) groups is 1. The van der Waals surface area contributed by atoms with E-state index in [2.05, 4.69) is 52.3 Å². The van der Waals surface area contributed by atoms with Gasteiger partial charge < -0.3 is 4.90 Å². The fourth-order valence-corrected chi connectivity index (χ4v) is 4.78. The van der Waals surface area contributed by atoms with Crippen LogP contribution in [0.4, 0.5) is 0 Å². The minimum absolute atomic E-state index is 0.225. The number of rotatable bonds is 7. The number of benzene rings is 2. The zero-order chi connectivity index (χ0) is 20.1. The van der Waals surface area contributed by atoms with Gasteiger partial charge in [0.15, 0.2) is 5.78 Å². The van der Waals surface area contributed by atoms with Crippen LogP contribution in [0, 0.1) is 0 Å². The lowest BCUT2D eigenvalue weighted by Crippen LogP contribution is -2.48. The van der Waals surface area contributed by atoms with Crippen LogP contribution in [0.3, 0.4) is 0 Å². The molecule has 1 aromatic heterocycles. The van der Waals surface area contributed by atoms with Gasteiger partial charge in [-0.1, -0.05) is 60.1 Å². The molecule has 3 nitrogen and oxygen atoms in total. The van der Waals surface area contributed by atoms with E-state index >= 15 is 0 Å². The lowest BCUT2D eigenvalue weighted by atomic mass is 9.96. The number of piperazine rings is 1. The second-order valence-corrected chi connectivity index (χ2v) is 8.78. The van der Waals surface area contributed by atoms with Crippen LogP contribution in [0.1, 0.15) is 33.3 Å². The summed E-state index contributed by atoms with van der Waals surface area (Å²) in [4.78, 5) is 18.1. The van der Waals surface area contributed by atoms with Crippen LogP contribution in [0.15, 0.2) is 72.1 Å². The second kappa shape index (κ2) is 9.68. The Hall–Kier alpha value is -1.98. The van der Waals surface area contributed by atoms with Crippen LogP contribution >= 0.6 is 22.9 Å². The maximum Gasteiger partial charge on any atom is 0.174 e. The molecular formula is C24H25ClN2OS. The first kappa shape index (κ1) is 20.3. The Morgan fingerprint density at radius 3 is 2.24 bits per heavy atom. The molecule has 150 valence electrons. The van der Waals surface area contributed by atoms with E-state index in [0.29, 0.717) is 6.42 Å². The summed E-state index contributed by atoms with van der Waals surface area (Å²) >= 11 is 7.65. The Bertz CT molecular complexity index is 904. The lowest BCUT2D eigenvalue weighted by Gasteiger charge is -2.39. The third-order valence-corrected chi connectivity index (χ3v) is 6.69. The monoisotopic (exact) mass is 424 g/mol. The molecule has 1 unspecified atom stereocenters. The van der Waals surface area contributed by atoms with Crippen molar-refractivity contribution < 1.29 is 4.79 Å². The van der Waals surface area contributed by atoms with Crippen molar-refractivity contribution in [3.8, 4) is 0 Å². The van der Waals surface area contributed by atoms with E-state index in [-0.39, 0.29) is 11.8 Å². The number of hydrogen-bond donors (Lipinski definition) is 0. The van der Waals surface area contributed by atoms with Crippen molar-refractivity contribution in [2.75, 3.05) is 32.7 Å². The minimum Gasteiger partial charge on any atom is -0.300 e. The van der Waals surface area contributed by atoms with Gasteiger partial charge in [-0.3, -0.25) is 9.69 Å². The smallest absolute Gasteiger partial charge is 0.174 e. The van der Waals surface area contributed by atoms with Gasteiger partial charge in [-0.15, -0.1) is 11.3 Å². The summed E-state index contributed by atoms with van der Waals surface area (Å²) in [5, 5.41) is 2.73. The summed E-state index contributed by atoms with van der Waals surface area (Å²) in [6.45, 7) is 4.76. The molecule has 1 aliphatic rings. The number of carbonyl (C=O) groups excluding carboxylic acids is 1. The lowest BCUT2D eigenvalue weighted by molar-refractivity contribution is 0.0896. The Balaban J connectivity index is 1.40. The quantitative estimate of drug-likeness (QED) is 0.475. The Morgan fingerprint density at radius 2 is 1.59 bits per heavy atom. The number of Topliss-reactive ketones (excluding diaryl/α,β-unsaturated/α-hetero) is 1. The second-order valence-electron chi connectivity index (χ2n) is 7.39. The summed E-state index contributed by atoms with van der Waals surface area (Å²) in [6.07, 6.45) is 0.597. The molecule has 1 aliphatic heterocycles. The molecule has 0 amide bonds. The van der Waals surface area contributed by atoms with E-state index in [1.807, 2.05) is 29.6 Å². The van der Waals surface area contributed by atoms with Crippen molar-refractivity contribution in [1.29, 1.82) is 0 Å². The Labute approximate surface area is 181 Å². The van der Waals surface area contributed by atoms with Crippen molar-refractivity contribution in [2.24, 2.45) is 0 Å². The molecule has 29 heavy (non-hydrogen) atoms. The molecule has 3 aromatic rings. The van der Waals surface area contributed by atoms with Gasteiger partial charge in [-0.2, -0.15) is 0 Å². The van der Waals surface area contributed by atoms with Crippen LogP contribution in [-0.2, 0) is 0 Å². The van der Waals surface area contributed by atoms with E-state index in [4.69, 9.17) is 11.6 Å². The number of thiophene rings is 1. The van der Waals surface area contributed by atoms with E-state index in [1.165, 1.54) is 22.5 Å². The molecule has 4 rings (SSSR count). The van der Waals surface area contributed by atoms with Crippen molar-refractivity contribution in [3.63, 3.8) is 0 Å². The van der Waals surface area contributed by atoms with Gasteiger partial charge in [0.05, 0.1) is 10.9 Å². The molecule has 0 aliphatic carbocycles. The molecule has 0 bridgehead atoms. The first-order valence-electron chi connectivity index (χ1n) is 10.0. The van der Waals surface area contributed by atoms with Crippen molar-refractivity contribution in [3.05, 3.63) is 93.1 Å². The molecule has 0 saturated carbocycles. The van der Waals surface area contributed by atoms with Gasteiger partial charge in [0.25, 0.3) is 0 Å². The van der Waals surface area contributed by atoms with E-state index < -0.39 is 0 Å². The normalized spacial score (nSPS) is 16.6. The molecule has 0 spiro atoms. The van der Waals surface area contributed by atoms with Gasteiger partial charge in [0.2, 0.25) is 0 Å². The molecule has 5 heteroatoms. The molecular weight excluding hydrogens is 400 g/mol. The average molecular weight is 425 g/mol. The van der Waals surface area contributed by atoms with Gasteiger partial charge in [0.1, 0.15) is 0 Å². The highest BCUT2D eigenvalue weighted by Gasteiger charge is 2.26. The Morgan fingerprint density at radius 1 is 0.897 bits per heavy atom. The minimum atomic E-state index is 0.225. The zero-order valence-corrected chi connectivity index (χ0v) is 17.9. The van der Waals surface area contributed by atoms with Gasteiger partial charge in [0, 0.05) is 44.2 Å². The van der Waals surface area contributed by atoms with Gasteiger partial charge in [-0.05, 0) is 34.7 Å². The number of ketones is 1. The van der Waals surface area contributed by atoms with E-state index in [9.17, 15) is 4.79 Å². The molecule has 2 heterocycles.